The number of hydrogen-bond acceptors (Lipinski definition) is 6. The van der Waals surface area contributed by atoms with Gasteiger partial charge < -0.3 is 15.7 Å². The van der Waals surface area contributed by atoms with Crippen LogP contribution in [-0.4, -0.2) is 56.0 Å². The van der Waals surface area contributed by atoms with Crippen molar-refractivity contribution in [1.82, 2.24) is 14.3 Å². The van der Waals surface area contributed by atoms with Crippen molar-refractivity contribution < 1.29 is 14.7 Å². The summed E-state index contributed by atoms with van der Waals surface area (Å²) in [6.45, 7) is 9.47. The maximum atomic E-state index is 13.2. The van der Waals surface area contributed by atoms with Gasteiger partial charge >= 0.3 is 0 Å². The molecular formula is C23H31ClN4O3S. The van der Waals surface area contributed by atoms with E-state index in [1.165, 1.54) is 4.90 Å². The molecule has 0 radical (unpaired) electrons. The molecule has 0 bridgehead atoms. The van der Waals surface area contributed by atoms with Gasteiger partial charge in [-0.15, -0.1) is 11.3 Å². The highest BCUT2D eigenvalue weighted by molar-refractivity contribution is 7.13. The smallest absolute Gasteiger partial charge is 0.260 e. The number of amides is 2. The third-order valence-electron chi connectivity index (χ3n) is 6.00. The molecule has 1 aliphatic heterocycles. The number of thiazole rings is 1. The molecule has 4 atom stereocenters. The number of aromatic nitrogens is 1. The molecule has 1 aromatic carbocycles. The summed E-state index contributed by atoms with van der Waals surface area (Å²) in [5.74, 6) is -0.776. The van der Waals surface area contributed by atoms with Crippen molar-refractivity contribution >= 4 is 34.9 Å². The van der Waals surface area contributed by atoms with Crippen LogP contribution in [0, 0.1) is 12.3 Å². The number of nitrogens with two attached hydrogens (primary N) is 1. The van der Waals surface area contributed by atoms with Gasteiger partial charge in [0.15, 0.2) is 0 Å². The number of aliphatic hydroxyl groups is 1. The van der Waals surface area contributed by atoms with E-state index >= 15 is 0 Å². The Balaban J connectivity index is 1.76. The summed E-state index contributed by atoms with van der Waals surface area (Å²) in [7, 11) is 0. The molecule has 1 aliphatic rings. The van der Waals surface area contributed by atoms with Crippen molar-refractivity contribution in [2.75, 3.05) is 6.54 Å². The molecule has 1 saturated heterocycles. The van der Waals surface area contributed by atoms with Gasteiger partial charge in [-0.1, -0.05) is 45.0 Å². The number of β-amino-alcohol motifs (C(OH)–C–C–N with tert-alkyl or cyclic N) is 1. The third-order valence-corrected chi connectivity index (χ3v) is 7.43. The van der Waals surface area contributed by atoms with Crippen molar-refractivity contribution in [3.63, 3.8) is 0 Å². The zero-order valence-electron chi connectivity index (χ0n) is 19.1. The van der Waals surface area contributed by atoms with Crippen molar-refractivity contribution in [3.05, 3.63) is 41.0 Å². The van der Waals surface area contributed by atoms with E-state index in [2.05, 4.69) is 4.98 Å². The zero-order valence-corrected chi connectivity index (χ0v) is 20.7. The van der Waals surface area contributed by atoms with E-state index in [1.807, 2.05) is 64.4 Å². The fourth-order valence-corrected chi connectivity index (χ4v) is 4.83. The van der Waals surface area contributed by atoms with E-state index < -0.39 is 35.6 Å². The Morgan fingerprint density at radius 3 is 2.47 bits per heavy atom. The molecule has 7 nitrogen and oxygen atoms in total. The maximum absolute atomic E-state index is 13.2. The van der Waals surface area contributed by atoms with Crippen LogP contribution in [0.4, 0.5) is 0 Å². The molecule has 2 heterocycles. The number of carbonyl (C=O) groups is 2. The molecule has 3 rings (SSSR count). The molecule has 0 aliphatic carbocycles. The molecule has 9 heteroatoms. The largest absolute Gasteiger partial charge is 0.391 e. The SMILES string of the molecule is Cc1ncsc1-c1ccc([C@H](C)N(Cl)C(=O)[C@@H]2C[C@@H](O)CN2C(=O)[C@@H](N)C(C)(C)C)cc1. The summed E-state index contributed by atoms with van der Waals surface area (Å²) < 4.78 is 1.12. The van der Waals surface area contributed by atoms with E-state index in [1.54, 1.807) is 11.3 Å². The lowest BCUT2D eigenvalue weighted by molar-refractivity contribution is -0.144. The monoisotopic (exact) mass is 478 g/mol. The molecule has 0 saturated carbocycles. The first kappa shape index (κ1) is 24.6. The molecule has 32 heavy (non-hydrogen) atoms. The summed E-state index contributed by atoms with van der Waals surface area (Å²) in [4.78, 5) is 33.0. The molecule has 3 N–H and O–H groups in total. The molecule has 2 amide bonds. The van der Waals surface area contributed by atoms with Gasteiger partial charge in [0.05, 0.1) is 34.3 Å². The second-order valence-corrected chi connectivity index (χ2v) is 10.7. The van der Waals surface area contributed by atoms with E-state index in [4.69, 9.17) is 17.5 Å². The van der Waals surface area contributed by atoms with Gasteiger partial charge in [-0.25, -0.2) is 9.40 Å². The van der Waals surface area contributed by atoms with Crippen LogP contribution in [0.5, 0.6) is 0 Å². The van der Waals surface area contributed by atoms with Crippen LogP contribution in [0.2, 0.25) is 0 Å². The highest BCUT2D eigenvalue weighted by atomic mass is 35.5. The quantitative estimate of drug-likeness (QED) is 0.640. The third kappa shape index (κ3) is 4.98. The molecule has 2 aromatic rings. The summed E-state index contributed by atoms with van der Waals surface area (Å²) in [6.07, 6.45) is -0.650. The molecule has 0 spiro atoms. The summed E-state index contributed by atoms with van der Waals surface area (Å²) in [5, 5.41) is 10.2. The first-order valence-corrected chi connectivity index (χ1v) is 11.9. The molecule has 174 valence electrons. The second-order valence-electron chi connectivity index (χ2n) is 9.45. The van der Waals surface area contributed by atoms with Gasteiger partial charge in [-0.05, 0) is 30.4 Å². The number of carbonyl (C=O) groups excluding carboxylic acids is 2. The fourth-order valence-electron chi connectivity index (χ4n) is 3.80. The number of likely N-dealkylation sites (tertiary alicyclic amines) is 1. The van der Waals surface area contributed by atoms with Crippen LogP contribution in [0.15, 0.2) is 29.8 Å². The standard InChI is InChI=1S/C23H31ClN4O3S/c1-13-19(32-12-26-13)16-8-6-15(7-9-16)14(2)28(24)21(30)18-10-17(29)11-27(18)22(31)20(25)23(3,4)5/h6-9,12,14,17-18,20,29H,10-11,25H2,1-5H3/t14-,17+,18-,20+/m0/s1. The number of hydrogen-bond donors (Lipinski definition) is 2. The maximum Gasteiger partial charge on any atom is 0.260 e. The van der Waals surface area contributed by atoms with Crippen molar-refractivity contribution in [2.45, 2.75) is 65.3 Å². The Kier molecular flexibility index (Phi) is 7.29. The normalized spacial score (nSPS) is 20.8. The number of aliphatic hydroxyl groups excluding tert-OH is 1. The Labute approximate surface area is 198 Å². The second kappa shape index (κ2) is 9.47. The molecule has 0 unspecified atom stereocenters. The van der Waals surface area contributed by atoms with E-state index in [0.717, 1.165) is 26.1 Å². The number of rotatable bonds is 5. The van der Waals surface area contributed by atoms with Crippen LogP contribution in [-0.2, 0) is 9.59 Å². The fraction of sp³-hybridized carbons (Fsp3) is 0.522. The minimum absolute atomic E-state index is 0.0705. The highest BCUT2D eigenvalue weighted by Crippen LogP contribution is 2.32. The number of nitrogens with zero attached hydrogens (tertiary/aromatic N) is 3. The van der Waals surface area contributed by atoms with Crippen LogP contribution in [0.3, 0.4) is 0 Å². The van der Waals surface area contributed by atoms with Gasteiger partial charge in [0, 0.05) is 24.7 Å². The average Bonchev–Trinajstić information content (AvgIpc) is 3.36. The van der Waals surface area contributed by atoms with Crippen molar-refractivity contribution in [2.24, 2.45) is 11.1 Å². The lowest BCUT2D eigenvalue weighted by Gasteiger charge is -2.34. The first-order valence-electron chi connectivity index (χ1n) is 10.6. The van der Waals surface area contributed by atoms with Crippen molar-refractivity contribution in [3.8, 4) is 10.4 Å². The van der Waals surface area contributed by atoms with E-state index in [9.17, 15) is 14.7 Å². The minimum Gasteiger partial charge on any atom is -0.391 e. The summed E-state index contributed by atoms with van der Waals surface area (Å²) in [5.41, 5.74) is 10.4. The zero-order chi connectivity index (χ0) is 23.8. The average molecular weight is 479 g/mol. The van der Waals surface area contributed by atoms with Crippen LogP contribution in [0.25, 0.3) is 10.4 Å². The van der Waals surface area contributed by atoms with Gasteiger partial charge in [0.25, 0.3) is 5.91 Å². The summed E-state index contributed by atoms with van der Waals surface area (Å²) in [6, 6.07) is 5.79. The van der Waals surface area contributed by atoms with E-state index in [-0.39, 0.29) is 18.9 Å². The predicted molar refractivity (Wildman–Crippen MR) is 127 cm³/mol. The first-order chi connectivity index (χ1) is 14.9. The van der Waals surface area contributed by atoms with E-state index in [0.29, 0.717) is 0 Å². The van der Waals surface area contributed by atoms with Crippen LogP contribution in [0.1, 0.15) is 51.4 Å². The predicted octanol–water partition coefficient (Wildman–Crippen LogP) is 3.50. The lowest BCUT2D eigenvalue weighted by Crippen LogP contribution is -2.54. The Morgan fingerprint density at radius 2 is 1.94 bits per heavy atom. The lowest BCUT2D eigenvalue weighted by atomic mass is 9.86. The van der Waals surface area contributed by atoms with Crippen LogP contribution >= 0.6 is 23.1 Å². The minimum atomic E-state index is -0.843. The van der Waals surface area contributed by atoms with Gasteiger partial charge in [-0.2, -0.15) is 0 Å². The Hall–Kier alpha value is -2.00. The van der Waals surface area contributed by atoms with Gasteiger partial charge in [0.1, 0.15) is 6.04 Å². The topological polar surface area (TPSA) is 99.8 Å². The van der Waals surface area contributed by atoms with Gasteiger partial charge in [-0.3, -0.25) is 9.59 Å². The number of halogens is 1. The van der Waals surface area contributed by atoms with Gasteiger partial charge in [0.2, 0.25) is 5.91 Å². The van der Waals surface area contributed by atoms with Crippen molar-refractivity contribution in [1.29, 1.82) is 0 Å². The van der Waals surface area contributed by atoms with Crippen LogP contribution < -0.4 is 5.73 Å². The number of aryl methyl sites for hydroxylation is 1. The molecule has 1 aromatic heterocycles. The Morgan fingerprint density at radius 1 is 1.31 bits per heavy atom. The molecule has 1 fully saturated rings. The Bertz CT molecular complexity index is 972. The number of benzene rings is 1. The molecular weight excluding hydrogens is 448 g/mol. The summed E-state index contributed by atoms with van der Waals surface area (Å²) >= 11 is 8.05. The highest BCUT2D eigenvalue weighted by Gasteiger charge is 2.44.